The molecule has 0 N–H and O–H groups in total. The van der Waals surface area contributed by atoms with E-state index in [0.717, 1.165) is 29.1 Å². The Morgan fingerprint density at radius 3 is 1.97 bits per heavy atom. The molecule has 1 heterocycles. The highest BCUT2D eigenvalue weighted by Gasteiger charge is 2.16. The molecule has 0 atom stereocenters. The van der Waals surface area contributed by atoms with Crippen LogP contribution < -0.4 is 0 Å². The van der Waals surface area contributed by atoms with Crippen LogP contribution in [0.1, 0.15) is 49.3 Å². The van der Waals surface area contributed by atoms with Gasteiger partial charge in [0.25, 0.3) is 0 Å². The van der Waals surface area contributed by atoms with Crippen molar-refractivity contribution in [3.05, 3.63) is 95.7 Å². The summed E-state index contributed by atoms with van der Waals surface area (Å²) < 4.78 is 2.28. The molecule has 31 heavy (non-hydrogen) atoms. The Kier molecular flexibility index (Phi) is 6.66. The van der Waals surface area contributed by atoms with Gasteiger partial charge in [0.05, 0.1) is 11.4 Å². The van der Waals surface area contributed by atoms with Crippen LogP contribution in [0.25, 0.3) is 28.3 Å². The second kappa shape index (κ2) is 9.78. The number of aromatic nitrogens is 2. The number of aryl methyl sites for hydroxylation is 3. The van der Waals surface area contributed by atoms with Crippen molar-refractivity contribution in [2.24, 2.45) is 0 Å². The maximum absolute atomic E-state index is 5.06. The van der Waals surface area contributed by atoms with Gasteiger partial charge in [-0.2, -0.15) is 0 Å². The standard InChI is InChI=1S/C29H32N2/c1-4-5-6-9-14-24-19-22(2)28(23(3)20-24)31-21-27(25-15-10-7-11-16-25)30-29(31)26-17-12-8-13-18-26/h7-8,10-13,15-21H,4-6,9,14H2,1-3H3. The zero-order chi connectivity index (χ0) is 21.6. The van der Waals surface area contributed by atoms with E-state index in [1.54, 1.807) is 0 Å². The van der Waals surface area contributed by atoms with Gasteiger partial charge in [-0.15, -0.1) is 0 Å². The largest absolute Gasteiger partial charge is 0.299 e. The number of hydrogen-bond donors (Lipinski definition) is 0. The van der Waals surface area contributed by atoms with E-state index in [0.29, 0.717) is 0 Å². The second-order valence-electron chi connectivity index (χ2n) is 8.44. The Balaban J connectivity index is 1.77. The molecule has 3 aromatic carbocycles. The lowest BCUT2D eigenvalue weighted by Gasteiger charge is -2.16. The van der Waals surface area contributed by atoms with Crippen molar-refractivity contribution in [3.8, 4) is 28.3 Å². The molecule has 1 aromatic heterocycles. The fourth-order valence-electron chi connectivity index (χ4n) is 4.42. The molecule has 0 saturated heterocycles. The lowest BCUT2D eigenvalue weighted by molar-refractivity contribution is 0.666. The van der Waals surface area contributed by atoms with E-state index in [2.05, 4.69) is 98.3 Å². The molecular formula is C29H32N2. The van der Waals surface area contributed by atoms with Crippen molar-refractivity contribution in [2.75, 3.05) is 0 Å². The lowest BCUT2D eigenvalue weighted by Crippen LogP contribution is -2.03. The molecule has 2 heteroatoms. The summed E-state index contributed by atoms with van der Waals surface area (Å²) in [4.78, 5) is 5.06. The van der Waals surface area contributed by atoms with Crippen molar-refractivity contribution in [3.63, 3.8) is 0 Å². The van der Waals surface area contributed by atoms with Gasteiger partial charge in [0, 0.05) is 17.3 Å². The molecule has 0 spiro atoms. The molecule has 0 amide bonds. The number of unbranched alkanes of at least 4 members (excludes halogenated alkanes) is 3. The molecule has 2 nitrogen and oxygen atoms in total. The zero-order valence-corrected chi connectivity index (χ0v) is 18.9. The van der Waals surface area contributed by atoms with Gasteiger partial charge in [0.15, 0.2) is 0 Å². The van der Waals surface area contributed by atoms with Crippen LogP contribution in [0.15, 0.2) is 79.0 Å². The Hall–Kier alpha value is -3.13. The summed E-state index contributed by atoms with van der Waals surface area (Å²) in [5.74, 6) is 0.987. The lowest BCUT2D eigenvalue weighted by atomic mass is 9.99. The maximum Gasteiger partial charge on any atom is 0.145 e. The van der Waals surface area contributed by atoms with Gasteiger partial charge in [-0.25, -0.2) is 4.98 Å². The predicted octanol–water partition coefficient (Wildman–Crippen LogP) is 7.95. The molecule has 0 fully saturated rings. The summed E-state index contributed by atoms with van der Waals surface area (Å²) in [5, 5.41) is 0. The third kappa shape index (κ3) is 4.80. The Bertz CT molecular complexity index is 1100. The molecule has 4 aromatic rings. The van der Waals surface area contributed by atoms with Gasteiger partial charge in [-0.05, 0) is 43.4 Å². The fraction of sp³-hybridized carbons (Fsp3) is 0.276. The first-order valence-corrected chi connectivity index (χ1v) is 11.5. The van der Waals surface area contributed by atoms with Crippen LogP contribution in [0.3, 0.4) is 0 Å². The van der Waals surface area contributed by atoms with E-state index in [1.807, 2.05) is 6.07 Å². The predicted molar refractivity (Wildman–Crippen MR) is 132 cm³/mol. The number of benzene rings is 3. The molecule has 0 aliphatic heterocycles. The minimum absolute atomic E-state index is 0.987. The third-order valence-corrected chi connectivity index (χ3v) is 5.92. The first kappa shape index (κ1) is 21.1. The summed E-state index contributed by atoms with van der Waals surface area (Å²) >= 11 is 0. The number of imidazole rings is 1. The van der Waals surface area contributed by atoms with Crippen molar-refractivity contribution in [1.29, 1.82) is 0 Å². The average molecular weight is 409 g/mol. The van der Waals surface area contributed by atoms with E-state index >= 15 is 0 Å². The highest BCUT2D eigenvalue weighted by Crippen LogP contribution is 2.31. The summed E-state index contributed by atoms with van der Waals surface area (Å²) in [6.07, 6.45) is 8.54. The van der Waals surface area contributed by atoms with Crippen LogP contribution in [0.5, 0.6) is 0 Å². The van der Waals surface area contributed by atoms with Gasteiger partial charge >= 0.3 is 0 Å². The summed E-state index contributed by atoms with van der Waals surface area (Å²) in [7, 11) is 0. The molecule has 0 saturated carbocycles. The average Bonchev–Trinajstić information content (AvgIpc) is 3.22. The maximum atomic E-state index is 5.06. The van der Waals surface area contributed by atoms with Gasteiger partial charge in [-0.1, -0.05) is 99.0 Å². The van der Waals surface area contributed by atoms with Crippen LogP contribution >= 0.6 is 0 Å². The minimum Gasteiger partial charge on any atom is -0.299 e. The Morgan fingerprint density at radius 2 is 1.35 bits per heavy atom. The minimum atomic E-state index is 0.987. The van der Waals surface area contributed by atoms with Crippen molar-refractivity contribution in [1.82, 2.24) is 9.55 Å². The Labute approximate surface area is 186 Å². The molecule has 4 rings (SSSR count). The molecule has 0 aliphatic rings. The third-order valence-electron chi connectivity index (χ3n) is 5.92. The van der Waals surface area contributed by atoms with Crippen LogP contribution in [-0.2, 0) is 6.42 Å². The summed E-state index contributed by atoms with van der Waals surface area (Å²) in [6.45, 7) is 6.73. The zero-order valence-electron chi connectivity index (χ0n) is 18.9. The van der Waals surface area contributed by atoms with Gasteiger partial charge in [-0.3, -0.25) is 4.57 Å². The van der Waals surface area contributed by atoms with Gasteiger partial charge in [0.1, 0.15) is 5.82 Å². The van der Waals surface area contributed by atoms with Crippen molar-refractivity contribution < 1.29 is 0 Å². The molecule has 0 unspecified atom stereocenters. The normalized spacial score (nSPS) is 11.1. The quantitative estimate of drug-likeness (QED) is 0.270. The van der Waals surface area contributed by atoms with Crippen LogP contribution in [0.4, 0.5) is 0 Å². The monoisotopic (exact) mass is 408 g/mol. The summed E-state index contributed by atoms with van der Waals surface area (Å²) in [6, 6.07) is 25.7. The van der Waals surface area contributed by atoms with E-state index in [9.17, 15) is 0 Å². The van der Waals surface area contributed by atoms with E-state index in [4.69, 9.17) is 4.98 Å². The molecular weight excluding hydrogens is 376 g/mol. The van der Waals surface area contributed by atoms with Crippen molar-refractivity contribution in [2.45, 2.75) is 52.9 Å². The number of rotatable bonds is 8. The van der Waals surface area contributed by atoms with Crippen LogP contribution in [0.2, 0.25) is 0 Å². The first-order chi connectivity index (χ1) is 15.2. The van der Waals surface area contributed by atoms with Crippen LogP contribution in [0, 0.1) is 13.8 Å². The fourth-order valence-corrected chi connectivity index (χ4v) is 4.42. The smallest absolute Gasteiger partial charge is 0.145 e. The molecule has 158 valence electrons. The van der Waals surface area contributed by atoms with E-state index in [-0.39, 0.29) is 0 Å². The second-order valence-corrected chi connectivity index (χ2v) is 8.44. The summed E-state index contributed by atoms with van der Waals surface area (Å²) in [5.41, 5.74) is 8.57. The van der Waals surface area contributed by atoms with Crippen molar-refractivity contribution >= 4 is 0 Å². The molecule has 0 bridgehead atoms. The highest BCUT2D eigenvalue weighted by atomic mass is 15.1. The Morgan fingerprint density at radius 1 is 0.742 bits per heavy atom. The topological polar surface area (TPSA) is 17.8 Å². The van der Waals surface area contributed by atoms with Crippen LogP contribution in [-0.4, -0.2) is 9.55 Å². The molecule has 0 aliphatic carbocycles. The number of nitrogens with zero attached hydrogens (tertiary/aromatic N) is 2. The van der Waals surface area contributed by atoms with Gasteiger partial charge in [0.2, 0.25) is 0 Å². The first-order valence-electron chi connectivity index (χ1n) is 11.5. The van der Waals surface area contributed by atoms with E-state index < -0.39 is 0 Å². The SMILES string of the molecule is CCCCCCc1cc(C)c(-n2cc(-c3ccccc3)nc2-c2ccccc2)c(C)c1. The number of hydrogen-bond acceptors (Lipinski definition) is 1. The van der Waals surface area contributed by atoms with E-state index in [1.165, 1.54) is 48.1 Å². The molecule has 0 radical (unpaired) electrons. The highest BCUT2D eigenvalue weighted by molar-refractivity contribution is 5.68. The van der Waals surface area contributed by atoms with Gasteiger partial charge < -0.3 is 0 Å².